The van der Waals surface area contributed by atoms with Gasteiger partial charge in [0, 0.05) is 29.3 Å². The first-order valence-electron chi connectivity index (χ1n) is 8.88. The van der Waals surface area contributed by atoms with E-state index in [1.165, 1.54) is 17.7 Å². The van der Waals surface area contributed by atoms with E-state index in [2.05, 4.69) is 61.3 Å². The molecule has 0 aliphatic carbocycles. The molecule has 0 unspecified atom stereocenters. The molecule has 0 aliphatic heterocycles. The Balaban J connectivity index is 1.55. The first-order valence-corrected chi connectivity index (χ1v) is 9.76. The smallest absolute Gasteiger partial charge is 0.252 e. The largest absolute Gasteiger partial charge is 0.310 e. The minimum absolute atomic E-state index is 0.121. The van der Waals surface area contributed by atoms with Crippen molar-refractivity contribution in [3.63, 3.8) is 0 Å². The number of carbonyl (C=O) groups is 1. The summed E-state index contributed by atoms with van der Waals surface area (Å²) in [6, 6.07) is 3.57. The first-order chi connectivity index (χ1) is 13.9. The Labute approximate surface area is 170 Å². The lowest BCUT2D eigenvalue weighted by Gasteiger charge is -2.13. The van der Waals surface area contributed by atoms with Gasteiger partial charge < -0.3 is 5.32 Å². The van der Waals surface area contributed by atoms with Gasteiger partial charge in [-0.1, -0.05) is 20.8 Å². The summed E-state index contributed by atoms with van der Waals surface area (Å²) in [6.45, 7) is 6.16. The number of aromatic nitrogens is 8. The molecule has 1 amide bonds. The Morgan fingerprint density at radius 2 is 2.03 bits per heavy atom. The SMILES string of the molecule is CC(C)(C)c1cc(NC(=O)Cc2csc(-c3ncn[nH]3)n2)n(-c2ncccn2)n1. The molecule has 4 aromatic rings. The number of hydrogen-bond acceptors (Lipinski definition) is 8. The fraction of sp³-hybridized carbons (Fsp3) is 0.278. The maximum absolute atomic E-state index is 12.7. The van der Waals surface area contributed by atoms with Gasteiger partial charge in [0.25, 0.3) is 5.95 Å². The van der Waals surface area contributed by atoms with Gasteiger partial charge in [0.15, 0.2) is 10.8 Å². The van der Waals surface area contributed by atoms with E-state index >= 15 is 0 Å². The van der Waals surface area contributed by atoms with Crippen LogP contribution >= 0.6 is 11.3 Å². The van der Waals surface area contributed by atoms with E-state index in [0.717, 1.165) is 5.69 Å². The number of carbonyl (C=O) groups excluding carboxylic acids is 1. The molecule has 0 aliphatic rings. The molecule has 0 atom stereocenters. The quantitative estimate of drug-likeness (QED) is 0.518. The van der Waals surface area contributed by atoms with Crippen LogP contribution < -0.4 is 5.32 Å². The highest BCUT2D eigenvalue weighted by Gasteiger charge is 2.22. The third kappa shape index (κ3) is 4.19. The molecule has 2 N–H and O–H groups in total. The molecular weight excluding hydrogens is 390 g/mol. The van der Waals surface area contributed by atoms with Crippen molar-refractivity contribution in [3.8, 4) is 16.8 Å². The van der Waals surface area contributed by atoms with Crippen LogP contribution in [-0.2, 0) is 16.6 Å². The van der Waals surface area contributed by atoms with Crippen LogP contribution in [0.25, 0.3) is 16.8 Å². The Bertz CT molecular complexity index is 1110. The van der Waals surface area contributed by atoms with Crippen LogP contribution in [0.1, 0.15) is 32.2 Å². The van der Waals surface area contributed by atoms with Gasteiger partial charge in [0.1, 0.15) is 12.1 Å². The van der Waals surface area contributed by atoms with Crippen LogP contribution in [0, 0.1) is 0 Å². The molecule has 4 heterocycles. The standard InChI is InChI=1S/C18H19N9OS/c1-18(2,3)12-8-13(27(26-12)17-19-5-4-6-20-17)24-14(28)7-11-9-29-16(23-11)15-21-10-22-25-15/h4-6,8-10H,7H2,1-3H3,(H,24,28)(H,21,22,25). The van der Waals surface area contributed by atoms with Gasteiger partial charge in [-0.25, -0.2) is 19.9 Å². The lowest BCUT2D eigenvalue weighted by molar-refractivity contribution is -0.115. The van der Waals surface area contributed by atoms with Crippen LogP contribution in [-0.4, -0.2) is 45.8 Å². The van der Waals surface area contributed by atoms with Crippen molar-refractivity contribution in [1.82, 2.24) is 39.9 Å². The number of anilines is 1. The molecule has 29 heavy (non-hydrogen) atoms. The van der Waals surface area contributed by atoms with Crippen LogP contribution in [0.5, 0.6) is 0 Å². The van der Waals surface area contributed by atoms with Gasteiger partial charge in [0.05, 0.1) is 17.8 Å². The Morgan fingerprint density at radius 1 is 1.24 bits per heavy atom. The second kappa shape index (κ2) is 7.51. The van der Waals surface area contributed by atoms with Gasteiger partial charge in [0.2, 0.25) is 5.91 Å². The normalized spacial score (nSPS) is 11.6. The van der Waals surface area contributed by atoms with Gasteiger partial charge in [-0.3, -0.25) is 9.89 Å². The summed E-state index contributed by atoms with van der Waals surface area (Å²) < 4.78 is 1.54. The molecule has 0 saturated heterocycles. The number of amides is 1. The van der Waals surface area contributed by atoms with Gasteiger partial charge in [-0.15, -0.1) is 11.3 Å². The molecule has 4 rings (SSSR count). The topological polar surface area (TPSA) is 127 Å². The Hall–Kier alpha value is -3.47. The Kier molecular flexibility index (Phi) is 4.89. The van der Waals surface area contributed by atoms with Crippen LogP contribution in [0.2, 0.25) is 0 Å². The van der Waals surface area contributed by atoms with Gasteiger partial charge in [-0.2, -0.15) is 14.9 Å². The number of thiazole rings is 1. The molecule has 11 heteroatoms. The average molecular weight is 409 g/mol. The van der Waals surface area contributed by atoms with Gasteiger partial charge in [-0.05, 0) is 6.07 Å². The van der Waals surface area contributed by atoms with E-state index < -0.39 is 0 Å². The van der Waals surface area contributed by atoms with E-state index in [9.17, 15) is 4.79 Å². The summed E-state index contributed by atoms with van der Waals surface area (Å²) in [5.41, 5.74) is 1.28. The molecule has 4 aromatic heterocycles. The van der Waals surface area contributed by atoms with Crippen molar-refractivity contribution in [1.29, 1.82) is 0 Å². The summed E-state index contributed by atoms with van der Waals surface area (Å²) in [5.74, 6) is 1.27. The van der Waals surface area contributed by atoms with E-state index in [1.54, 1.807) is 23.1 Å². The minimum atomic E-state index is -0.211. The predicted octanol–water partition coefficient (Wildman–Crippen LogP) is 2.38. The number of nitrogens with one attached hydrogen (secondary N) is 2. The highest BCUT2D eigenvalue weighted by atomic mass is 32.1. The molecule has 0 bridgehead atoms. The molecule has 0 saturated carbocycles. The lowest BCUT2D eigenvalue weighted by Crippen LogP contribution is -2.18. The van der Waals surface area contributed by atoms with Crippen LogP contribution in [0.15, 0.2) is 36.2 Å². The highest BCUT2D eigenvalue weighted by molar-refractivity contribution is 7.13. The second-order valence-electron chi connectivity index (χ2n) is 7.33. The number of rotatable bonds is 5. The molecule has 0 fully saturated rings. The first kappa shape index (κ1) is 18.9. The Morgan fingerprint density at radius 3 is 2.72 bits per heavy atom. The molecule has 10 nitrogen and oxygen atoms in total. The number of H-pyrrole nitrogens is 1. The van der Waals surface area contributed by atoms with Crippen molar-refractivity contribution in [2.45, 2.75) is 32.6 Å². The van der Waals surface area contributed by atoms with Crippen molar-refractivity contribution in [2.24, 2.45) is 0 Å². The summed E-state index contributed by atoms with van der Waals surface area (Å²) in [6.07, 6.45) is 4.80. The summed E-state index contributed by atoms with van der Waals surface area (Å²) >= 11 is 1.40. The number of nitrogens with zero attached hydrogens (tertiary/aromatic N) is 7. The third-order valence-corrected chi connectivity index (χ3v) is 4.90. The maximum Gasteiger partial charge on any atom is 0.252 e. The van der Waals surface area contributed by atoms with Crippen LogP contribution in [0.4, 0.5) is 5.82 Å². The van der Waals surface area contributed by atoms with Crippen LogP contribution in [0.3, 0.4) is 0 Å². The average Bonchev–Trinajstić information content (AvgIpc) is 3.42. The molecule has 0 aromatic carbocycles. The second-order valence-corrected chi connectivity index (χ2v) is 8.19. The van der Waals surface area contributed by atoms with Crippen molar-refractivity contribution in [3.05, 3.63) is 47.6 Å². The summed E-state index contributed by atoms with van der Waals surface area (Å²) in [7, 11) is 0. The highest BCUT2D eigenvalue weighted by Crippen LogP contribution is 2.25. The zero-order valence-corrected chi connectivity index (χ0v) is 16.9. The molecular formula is C18H19N9OS. The molecule has 0 spiro atoms. The summed E-state index contributed by atoms with van der Waals surface area (Å²) in [4.78, 5) is 29.6. The van der Waals surface area contributed by atoms with E-state index in [4.69, 9.17) is 0 Å². The van der Waals surface area contributed by atoms with Crippen molar-refractivity contribution in [2.75, 3.05) is 5.32 Å². The number of hydrogen-bond donors (Lipinski definition) is 2. The fourth-order valence-corrected chi connectivity index (χ4v) is 3.31. The molecule has 0 radical (unpaired) electrons. The van der Waals surface area contributed by atoms with E-state index in [1.807, 2.05) is 11.4 Å². The number of aromatic amines is 1. The zero-order valence-electron chi connectivity index (χ0n) is 16.1. The molecule has 148 valence electrons. The lowest BCUT2D eigenvalue weighted by atomic mass is 9.92. The zero-order chi connectivity index (χ0) is 20.4. The minimum Gasteiger partial charge on any atom is -0.310 e. The van der Waals surface area contributed by atoms with E-state index in [0.29, 0.717) is 28.3 Å². The monoisotopic (exact) mass is 409 g/mol. The van der Waals surface area contributed by atoms with Crippen molar-refractivity contribution >= 4 is 23.1 Å². The maximum atomic E-state index is 12.7. The van der Waals surface area contributed by atoms with E-state index in [-0.39, 0.29) is 17.7 Å². The predicted molar refractivity (Wildman–Crippen MR) is 108 cm³/mol. The van der Waals surface area contributed by atoms with Gasteiger partial charge >= 0.3 is 0 Å². The third-order valence-electron chi connectivity index (χ3n) is 4.00. The van der Waals surface area contributed by atoms with Crippen molar-refractivity contribution < 1.29 is 4.79 Å². The summed E-state index contributed by atoms with van der Waals surface area (Å²) in [5, 5.41) is 16.6. The fourth-order valence-electron chi connectivity index (χ4n) is 2.55.